The van der Waals surface area contributed by atoms with E-state index >= 15 is 0 Å². The predicted octanol–water partition coefficient (Wildman–Crippen LogP) is 2.61. The fourth-order valence-corrected chi connectivity index (χ4v) is 4.24. The molecule has 1 aromatic rings. The van der Waals surface area contributed by atoms with E-state index < -0.39 is 0 Å². The molecule has 0 unspecified atom stereocenters. The van der Waals surface area contributed by atoms with Gasteiger partial charge in [-0.1, -0.05) is 18.2 Å². The summed E-state index contributed by atoms with van der Waals surface area (Å²) in [6.07, 6.45) is 5.23. The molecule has 3 aliphatic rings. The van der Waals surface area contributed by atoms with E-state index in [2.05, 4.69) is 18.2 Å². The van der Waals surface area contributed by atoms with E-state index in [9.17, 15) is 9.59 Å². The minimum atomic E-state index is -0.113. The molecule has 102 valence electrons. The third-order valence-electron chi connectivity index (χ3n) is 4.93. The molecule has 4 atom stereocenters. The van der Waals surface area contributed by atoms with Crippen molar-refractivity contribution in [3.05, 3.63) is 41.5 Å². The number of imide groups is 1. The van der Waals surface area contributed by atoms with Crippen molar-refractivity contribution in [2.75, 3.05) is 4.90 Å². The molecule has 2 bridgehead atoms. The number of amides is 2. The summed E-state index contributed by atoms with van der Waals surface area (Å²) >= 11 is 0. The molecule has 4 rings (SSSR count). The van der Waals surface area contributed by atoms with E-state index in [0.29, 0.717) is 0 Å². The molecular formula is C17H17NO2. The van der Waals surface area contributed by atoms with Crippen LogP contribution in [0.1, 0.15) is 17.5 Å². The summed E-state index contributed by atoms with van der Waals surface area (Å²) in [6.45, 7) is 3.99. The largest absolute Gasteiger partial charge is 0.274 e. The molecule has 20 heavy (non-hydrogen) atoms. The van der Waals surface area contributed by atoms with Gasteiger partial charge in [-0.2, -0.15) is 0 Å². The van der Waals surface area contributed by atoms with Crippen molar-refractivity contribution in [3.8, 4) is 0 Å². The van der Waals surface area contributed by atoms with Crippen molar-refractivity contribution in [1.29, 1.82) is 0 Å². The Morgan fingerprint density at radius 3 is 1.90 bits per heavy atom. The van der Waals surface area contributed by atoms with E-state index in [1.54, 1.807) is 0 Å². The Labute approximate surface area is 118 Å². The average Bonchev–Trinajstić information content (AvgIpc) is 3.02. The maximum Gasteiger partial charge on any atom is 0.238 e. The summed E-state index contributed by atoms with van der Waals surface area (Å²) in [5.74, 6) is 0.329. The first-order chi connectivity index (χ1) is 9.56. The highest BCUT2D eigenvalue weighted by Crippen LogP contribution is 2.53. The van der Waals surface area contributed by atoms with Crippen LogP contribution < -0.4 is 4.90 Å². The number of aryl methyl sites for hydroxylation is 2. The van der Waals surface area contributed by atoms with Crippen LogP contribution in [0.4, 0.5) is 5.69 Å². The second-order valence-corrected chi connectivity index (χ2v) is 6.36. The van der Waals surface area contributed by atoms with Gasteiger partial charge in [0.05, 0.1) is 17.5 Å². The number of carbonyl (C=O) groups excluding carboxylic acids is 2. The lowest BCUT2D eigenvalue weighted by Crippen LogP contribution is -2.32. The highest BCUT2D eigenvalue weighted by molar-refractivity contribution is 6.22. The van der Waals surface area contributed by atoms with Crippen LogP contribution >= 0.6 is 0 Å². The van der Waals surface area contributed by atoms with Gasteiger partial charge >= 0.3 is 0 Å². The maximum atomic E-state index is 12.7. The lowest BCUT2D eigenvalue weighted by atomic mass is 9.85. The minimum absolute atomic E-state index is 0.00171. The van der Waals surface area contributed by atoms with Gasteiger partial charge in [0, 0.05) is 0 Å². The van der Waals surface area contributed by atoms with Crippen molar-refractivity contribution in [2.24, 2.45) is 23.7 Å². The Kier molecular flexibility index (Phi) is 2.27. The van der Waals surface area contributed by atoms with Gasteiger partial charge in [0.15, 0.2) is 0 Å². The van der Waals surface area contributed by atoms with Gasteiger partial charge in [-0.3, -0.25) is 9.59 Å². The van der Waals surface area contributed by atoms with Crippen LogP contribution in [0, 0.1) is 37.5 Å². The summed E-state index contributed by atoms with van der Waals surface area (Å²) < 4.78 is 0. The number of allylic oxidation sites excluding steroid dienone is 2. The fraction of sp³-hybridized carbons (Fsp3) is 0.412. The molecule has 0 spiro atoms. The number of benzene rings is 1. The average molecular weight is 267 g/mol. The number of carbonyl (C=O) groups is 2. The molecule has 2 fully saturated rings. The van der Waals surface area contributed by atoms with Crippen LogP contribution in [0.5, 0.6) is 0 Å². The number of hydrogen-bond acceptors (Lipinski definition) is 2. The number of rotatable bonds is 1. The zero-order valence-electron chi connectivity index (χ0n) is 11.7. The first-order valence-electron chi connectivity index (χ1n) is 7.20. The van der Waals surface area contributed by atoms with Crippen molar-refractivity contribution in [1.82, 2.24) is 0 Å². The Balaban J connectivity index is 1.78. The van der Waals surface area contributed by atoms with Crippen molar-refractivity contribution in [2.45, 2.75) is 20.3 Å². The molecule has 1 aliphatic heterocycles. The Morgan fingerprint density at radius 1 is 0.900 bits per heavy atom. The molecule has 2 aliphatic carbocycles. The number of fused-ring (bicyclic) bond motifs is 5. The lowest BCUT2D eigenvalue weighted by molar-refractivity contribution is -0.123. The van der Waals surface area contributed by atoms with Crippen LogP contribution in [0.15, 0.2) is 30.4 Å². The van der Waals surface area contributed by atoms with Crippen molar-refractivity contribution >= 4 is 17.5 Å². The molecule has 2 amide bonds. The Hall–Kier alpha value is -1.90. The zero-order valence-corrected chi connectivity index (χ0v) is 11.7. The Bertz CT molecular complexity index is 611. The highest BCUT2D eigenvalue weighted by atomic mass is 16.2. The summed E-state index contributed by atoms with van der Waals surface area (Å²) in [4.78, 5) is 26.8. The monoisotopic (exact) mass is 267 g/mol. The first-order valence-corrected chi connectivity index (χ1v) is 7.20. The minimum Gasteiger partial charge on any atom is -0.274 e. The summed E-state index contributed by atoms with van der Waals surface area (Å²) in [7, 11) is 0. The van der Waals surface area contributed by atoms with Gasteiger partial charge in [0.2, 0.25) is 11.8 Å². The maximum absolute atomic E-state index is 12.7. The van der Waals surface area contributed by atoms with Gasteiger partial charge in [-0.25, -0.2) is 4.90 Å². The topological polar surface area (TPSA) is 37.4 Å². The van der Waals surface area contributed by atoms with Crippen LogP contribution in [0.25, 0.3) is 0 Å². The molecular weight excluding hydrogens is 250 g/mol. The van der Waals surface area contributed by atoms with Crippen LogP contribution in [-0.4, -0.2) is 11.8 Å². The van der Waals surface area contributed by atoms with E-state index in [1.807, 2.05) is 26.0 Å². The molecule has 1 saturated heterocycles. The van der Waals surface area contributed by atoms with E-state index in [0.717, 1.165) is 23.2 Å². The first kappa shape index (κ1) is 11.9. The molecule has 0 aromatic heterocycles. The molecule has 0 N–H and O–H groups in total. The third-order valence-corrected chi connectivity index (χ3v) is 4.93. The smallest absolute Gasteiger partial charge is 0.238 e. The van der Waals surface area contributed by atoms with Crippen LogP contribution in [-0.2, 0) is 9.59 Å². The summed E-state index contributed by atoms with van der Waals surface area (Å²) in [5, 5.41) is 0. The SMILES string of the molecule is Cc1cc(C)cc(N2C(=O)[C@@H]3[C@H](C2=O)[C@H]2C=C[C@H]3C2)c1. The normalized spacial score (nSPS) is 34.2. The summed E-state index contributed by atoms with van der Waals surface area (Å²) in [6, 6.07) is 5.92. The highest BCUT2D eigenvalue weighted by Gasteiger charge is 2.59. The van der Waals surface area contributed by atoms with Crippen LogP contribution in [0.2, 0.25) is 0 Å². The number of hydrogen-bond donors (Lipinski definition) is 0. The standard InChI is InChI=1S/C17H17NO2/c1-9-5-10(2)7-13(6-9)18-16(19)14-11-3-4-12(8-11)15(14)17(18)20/h3-7,11-12,14-15H,8H2,1-2H3/t11-,12-,14-,15+/m0/s1. The van der Waals surface area contributed by atoms with E-state index in [1.165, 1.54) is 4.90 Å². The fourth-order valence-electron chi connectivity index (χ4n) is 4.24. The van der Waals surface area contributed by atoms with Gasteiger partial charge in [-0.05, 0) is 55.4 Å². The van der Waals surface area contributed by atoms with Crippen molar-refractivity contribution < 1.29 is 9.59 Å². The molecule has 3 nitrogen and oxygen atoms in total. The second kappa shape index (κ2) is 3.81. The summed E-state index contributed by atoms with van der Waals surface area (Å²) in [5.41, 5.74) is 2.91. The molecule has 1 saturated carbocycles. The number of nitrogens with zero attached hydrogens (tertiary/aromatic N) is 1. The van der Waals surface area contributed by atoms with Gasteiger partial charge in [0.1, 0.15) is 0 Å². The van der Waals surface area contributed by atoms with E-state index in [4.69, 9.17) is 0 Å². The quantitative estimate of drug-likeness (QED) is 0.579. The van der Waals surface area contributed by atoms with Crippen molar-refractivity contribution in [3.63, 3.8) is 0 Å². The second-order valence-electron chi connectivity index (χ2n) is 6.36. The van der Waals surface area contributed by atoms with Gasteiger partial charge in [0.25, 0.3) is 0 Å². The zero-order chi connectivity index (χ0) is 14.0. The molecule has 1 aromatic carbocycles. The van der Waals surface area contributed by atoms with Gasteiger partial charge < -0.3 is 0 Å². The third kappa shape index (κ3) is 1.41. The Morgan fingerprint density at radius 2 is 1.40 bits per heavy atom. The lowest BCUT2D eigenvalue weighted by Gasteiger charge is -2.18. The molecule has 0 radical (unpaired) electrons. The van der Waals surface area contributed by atoms with Gasteiger partial charge in [-0.15, -0.1) is 0 Å². The van der Waals surface area contributed by atoms with Crippen LogP contribution in [0.3, 0.4) is 0 Å². The molecule has 3 heteroatoms. The molecule has 1 heterocycles. The number of anilines is 1. The predicted molar refractivity (Wildman–Crippen MR) is 76.1 cm³/mol. The van der Waals surface area contributed by atoms with E-state index in [-0.39, 0.29) is 35.5 Å².